The molecule has 162 valence electrons. The van der Waals surface area contributed by atoms with Crippen LogP contribution in [0.4, 0.5) is 0 Å². The molecular weight excluding hydrogens is 415 g/mol. The Hall–Kier alpha value is -3.47. The summed E-state index contributed by atoms with van der Waals surface area (Å²) in [6.45, 7) is 2.21. The van der Waals surface area contributed by atoms with Crippen molar-refractivity contribution in [1.82, 2.24) is 0 Å². The first kappa shape index (κ1) is 21.4. The summed E-state index contributed by atoms with van der Waals surface area (Å²) >= 11 is 0. The third kappa shape index (κ3) is 4.15. The van der Waals surface area contributed by atoms with E-state index in [0.29, 0.717) is 0 Å². The maximum absolute atomic E-state index is 2.35. The van der Waals surface area contributed by atoms with Gasteiger partial charge in [-0.1, -0.05) is 0 Å². The van der Waals surface area contributed by atoms with Crippen molar-refractivity contribution in [3.63, 3.8) is 0 Å². The van der Waals surface area contributed by atoms with E-state index in [2.05, 4.69) is 146 Å². The fourth-order valence-electron chi connectivity index (χ4n) is 5.07. The Balaban J connectivity index is 1.78. The average Bonchev–Trinajstić information content (AvgIpc) is 2.89. The van der Waals surface area contributed by atoms with E-state index in [1.807, 2.05) is 0 Å². The molecule has 0 unspecified atom stereocenters. The van der Waals surface area contributed by atoms with Gasteiger partial charge in [0.05, 0.1) is 0 Å². The molecule has 0 fully saturated rings. The Morgan fingerprint density at radius 3 is 1.30 bits per heavy atom. The van der Waals surface area contributed by atoms with Gasteiger partial charge in [-0.05, 0) is 0 Å². The Bertz CT molecular complexity index is 1230. The fourth-order valence-corrected chi connectivity index (χ4v) is 9.85. The van der Waals surface area contributed by atoms with E-state index in [0.717, 1.165) is 6.16 Å². The number of aryl methyl sites for hydroxylation is 1. The fraction of sp³-hybridized carbons (Fsp3) is 0.0625. The second kappa shape index (κ2) is 9.57. The minimum atomic E-state index is -2.35. The normalized spacial score (nSPS) is 11.8. The molecule has 0 atom stereocenters. The van der Waals surface area contributed by atoms with Gasteiger partial charge in [0, 0.05) is 0 Å². The topological polar surface area (TPSA) is 0 Å². The zero-order valence-corrected chi connectivity index (χ0v) is 20.0. The van der Waals surface area contributed by atoms with Gasteiger partial charge in [0.25, 0.3) is 0 Å². The van der Waals surface area contributed by atoms with Gasteiger partial charge in [0.1, 0.15) is 0 Å². The number of hydrogen-bond acceptors (Lipinski definition) is 0. The zero-order chi connectivity index (χ0) is 22.5. The second-order valence-electron chi connectivity index (χ2n) is 8.65. The van der Waals surface area contributed by atoms with Crippen molar-refractivity contribution in [2.24, 2.45) is 0 Å². The van der Waals surface area contributed by atoms with Crippen LogP contribution in [0.5, 0.6) is 0 Å². The summed E-state index contributed by atoms with van der Waals surface area (Å²) in [5.41, 5.74) is 5.40. The SMILES string of the molecule is Cc1ccccc1-c1ccccc1C[PH](c1ccccc1)(c1ccccc1)c1ccccc1. The van der Waals surface area contributed by atoms with Crippen LogP contribution >= 0.6 is 7.26 Å². The second-order valence-corrected chi connectivity index (χ2v) is 12.5. The molecule has 0 saturated heterocycles. The molecule has 0 N–H and O–H groups in total. The van der Waals surface area contributed by atoms with Crippen LogP contribution in [0, 0.1) is 6.92 Å². The molecular formula is C32H29P. The maximum atomic E-state index is 2.34. The van der Waals surface area contributed by atoms with Crippen molar-refractivity contribution < 1.29 is 0 Å². The van der Waals surface area contributed by atoms with Gasteiger partial charge in [-0.25, -0.2) is 0 Å². The van der Waals surface area contributed by atoms with E-state index in [9.17, 15) is 0 Å². The molecule has 5 aromatic carbocycles. The number of hydrogen-bond donors (Lipinski definition) is 0. The summed E-state index contributed by atoms with van der Waals surface area (Å²) < 4.78 is 0. The van der Waals surface area contributed by atoms with Crippen LogP contribution in [0.1, 0.15) is 11.1 Å². The van der Waals surface area contributed by atoms with Crippen LogP contribution in [0.3, 0.4) is 0 Å². The summed E-state index contributed by atoms with van der Waals surface area (Å²) in [5, 5.41) is 4.34. The van der Waals surface area contributed by atoms with Crippen molar-refractivity contribution in [3.05, 3.63) is 151 Å². The monoisotopic (exact) mass is 444 g/mol. The summed E-state index contributed by atoms with van der Waals surface area (Å²) in [5.74, 6) is 0. The van der Waals surface area contributed by atoms with E-state index in [1.54, 1.807) is 0 Å². The van der Waals surface area contributed by atoms with Crippen molar-refractivity contribution in [2.45, 2.75) is 13.1 Å². The molecule has 5 rings (SSSR count). The van der Waals surface area contributed by atoms with E-state index >= 15 is 0 Å². The molecule has 0 spiro atoms. The van der Waals surface area contributed by atoms with Crippen LogP contribution < -0.4 is 15.9 Å². The van der Waals surface area contributed by atoms with Gasteiger partial charge in [0.2, 0.25) is 0 Å². The molecule has 0 bridgehead atoms. The van der Waals surface area contributed by atoms with E-state index in [1.165, 1.54) is 38.2 Å². The van der Waals surface area contributed by atoms with E-state index in [-0.39, 0.29) is 0 Å². The average molecular weight is 445 g/mol. The van der Waals surface area contributed by atoms with Crippen LogP contribution in [-0.4, -0.2) is 0 Å². The molecule has 0 radical (unpaired) electrons. The Morgan fingerprint density at radius 1 is 0.424 bits per heavy atom. The number of rotatable bonds is 6. The molecule has 0 aliphatic rings. The Labute approximate surface area is 197 Å². The van der Waals surface area contributed by atoms with Crippen LogP contribution in [-0.2, 0) is 6.16 Å². The van der Waals surface area contributed by atoms with Gasteiger partial charge in [0.15, 0.2) is 0 Å². The summed E-state index contributed by atoms with van der Waals surface area (Å²) in [4.78, 5) is 0. The van der Waals surface area contributed by atoms with Crippen LogP contribution in [0.25, 0.3) is 11.1 Å². The first-order valence-corrected chi connectivity index (χ1v) is 13.8. The first-order chi connectivity index (χ1) is 16.3. The molecule has 0 heterocycles. The third-order valence-electron chi connectivity index (χ3n) is 6.71. The van der Waals surface area contributed by atoms with Crippen LogP contribution in [0.2, 0.25) is 0 Å². The van der Waals surface area contributed by atoms with Gasteiger partial charge >= 0.3 is 198 Å². The molecule has 0 amide bonds. The quantitative estimate of drug-likeness (QED) is 0.250. The molecule has 0 aromatic heterocycles. The van der Waals surface area contributed by atoms with Gasteiger partial charge in [-0.2, -0.15) is 0 Å². The Morgan fingerprint density at radius 2 is 0.818 bits per heavy atom. The van der Waals surface area contributed by atoms with Crippen LogP contribution in [0.15, 0.2) is 140 Å². The molecule has 0 aliphatic carbocycles. The summed E-state index contributed by atoms with van der Waals surface area (Å²) in [6, 6.07) is 51.3. The summed E-state index contributed by atoms with van der Waals surface area (Å²) in [7, 11) is -2.35. The van der Waals surface area contributed by atoms with Crippen molar-refractivity contribution in [2.75, 3.05) is 0 Å². The van der Waals surface area contributed by atoms with Gasteiger partial charge in [-0.15, -0.1) is 0 Å². The molecule has 1 heteroatoms. The Kier molecular flexibility index (Phi) is 6.20. The third-order valence-corrected chi connectivity index (χ3v) is 11.6. The minimum absolute atomic E-state index is 1.01. The van der Waals surface area contributed by atoms with Crippen molar-refractivity contribution >= 4 is 23.2 Å². The van der Waals surface area contributed by atoms with Gasteiger partial charge < -0.3 is 0 Å². The first-order valence-electron chi connectivity index (χ1n) is 11.6. The predicted molar refractivity (Wildman–Crippen MR) is 147 cm³/mol. The van der Waals surface area contributed by atoms with Gasteiger partial charge in [-0.3, -0.25) is 0 Å². The molecule has 5 aromatic rings. The molecule has 33 heavy (non-hydrogen) atoms. The van der Waals surface area contributed by atoms with Crippen molar-refractivity contribution in [3.8, 4) is 11.1 Å². The molecule has 0 nitrogen and oxygen atoms in total. The summed E-state index contributed by atoms with van der Waals surface area (Å²) in [6.07, 6.45) is 1.01. The van der Waals surface area contributed by atoms with Crippen molar-refractivity contribution in [1.29, 1.82) is 0 Å². The zero-order valence-electron chi connectivity index (χ0n) is 19.0. The molecule has 0 aliphatic heterocycles. The van der Waals surface area contributed by atoms with E-state index < -0.39 is 7.26 Å². The van der Waals surface area contributed by atoms with E-state index in [4.69, 9.17) is 0 Å². The standard InChI is InChI=1S/C32H29P/c1-26-15-11-13-23-31(26)32-24-14-12-16-27(32)25-33(28-17-5-2-6-18-28,29-19-7-3-8-20-29)30-21-9-4-10-22-30/h2-24,33H,25H2,1H3. The molecule has 0 saturated carbocycles. The predicted octanol–water partition coefficient (Wildman–Crippen LogP) is 6.89. The number of benzene rings is 5.